The van der Waals surface area contributed by atoms with Gasteiger partial charge >= 0.3 is 0 Å². The summed E-state index contributed by atoms with van der Waals surface area (Å²) in [5.74, 6) is 1.58. The molecule has 0 aliphatic carbocycles. The lowest BCUT2D eigenvalue weighted by Gasteiger charge is -2.33. The summed E-state index contributed by atoms with van der Waals surface area (Å²) in [5.41, 5.74) is 7.10. The van der Waals surface area contributed by atoms with Crippen molar-refractivity contribution < 1.29 is 8.42 Å². The van der Waals surface area contributed by atoms with Crippen LogP contribution < -0.4 is 11.1 Å². The molecule has 0 radical (unpaired) electrons. The fourth-order valence-corrected chi connectivity index (χ4v) is 5.65. The van der Waals surface area contributed by atoms with E-state index in [1.165, 1.54) is 4.31 Å². The molecule has 9 nitrogen and oxygen atoms in total. The van der Waals surface area contributed by atoms with Crippen LogP contribution in [-0.2, 0) is 16.6 Å². The topological polar surface area (TPSA) is 108 Å². The molecular formula is C24H33N7O2S. The lowest BCUT2D eigenvalue weighted by molar-refractivity contribution is 0.178. The van der Waals surface area contributed by atoms with Gasteiger partial charge in [-0.1, -0.05) is 24.3 Å². The van der Waals surface area contributed by atoms with Crippen molar-refractivity contribution in [3.05, 3.63) is 54.4 Å². The summed E-state index contributed by atoms with van der Waals surface area (Å²) in [5, 5.41) is 4.48. The predicted octanol–water partition coefficient (Wildman–Crippen LogP) is 2.08. The molecule has 0 spiro atoms. The molecule has 0 atom stereocenters. The van der Waals surface area contributed by atoms with E-state index in [9.17, 15) is 8.42 Å². The van der Waals surface area contributed by atoms with Crippen LogP contribution in [0, 0.1) is 0 Å². The molecule has 1 saturated heterocycles. The summed E-state index contributed by atoms with van der Waals surface area (Å²) < 4.78 is 27.6. The van der Waals surface area contributed by atoms with E-state index in [2.05, 4.69) is 29.2 Å². The lowest BCUT2D eigenvalue weighted by atomic mass is 10.2. The zero-order valence-electron chi connectivity index (χ0n) is 19.8. The first-order valence-electron chi connectivity index (χ1n) is 11.6. The van der Waals surface area contributed by atoms with Gasteiger partial charge < -0.3 is 16.0 Å². The Bertz CT molecular complexity index is 1220. The summed E-state index contributed by atoms with van der Waals surface area (Å²) in [6.07, 6.45) is 1.02. The highest BCUT2D eigenvalue weighted by Crippen LogP contribution is 2.24. The van der Waals surface area contributed by atoms with Crippen LogP contribution in [0.1, 0.15) is 12.2 Å². The van der Waals surface area contributed by atoms with E-state index < -0.39 is 10.0 Å². The third-order valence-electron chi connectivity index (χ3n) is 5.96. The number of para-hydroxylation sites is 2. The van der Waals surface area contributed by atoms with Crippen LogP contribution in [-0.4, -0.2) is 85.9 Å². The Hall–Kier alpha value is -2.79. The van der Waals surface area contributed by atoms with Gasteiger partial charge in [0.25, 0.3) is 0 Å². The Morgan fingerprint density at radius 1 is 1.00 bits per heavy atom. The molecule has 1 aliphatic heterocycles. The van der Waals surface area contributed by atoms with Crippen molar-refractivity contribution in [2.75, 3.05) is 64.4 Å². The molecule has 0 saturated carbocycles. The van der Waals surface area contributed by atoms with E-state index in [4.69, 9.17) is 15.7 Å². The average Bonchev–Trinajstić information content (AvgIpc) is 2.82. The largest absolute Gasteiger partial charge is 0.398 e. The van der Waals surface area contributed by atoms with Gasteiger partial charge in [0, 0.05) is 38.1 Å². The standard InChI is InChI=1S/C24H33N7O2S/c1-29(2)13-7-12-26-24-19-8-3-5-10-21(19)27-23(28-24)18-30-14-16-31(17-15-30)34(32,33)22-11-6-4-9-20(22)25/h3-6,8-11H,7,12-18,25H2,1-2H3,(H,26,27,28). The minimum Gasteiger partial charge on any atom is -0.398 e. The number of nitrogen functional groups attached to an aromatic ring is 1. The van der Waals surface area contributed by atoms with Crippen LogP contribution in [0.3, 0.4) is 0 Å². The van der Waals surface area contributed by atoms with Crippen LogP contribution in [0.4, 0.5) is 11.5 Å². The minimum atomic E-state index is -3.61. The number of fused-ring (bicyclic) bond motifs is 1. The van der Waals surface area contributed by atoms with E-state index in [1.807, 2.05) is 24.3 Å². The lowest BCUT2D eigenvalue weighted by Crippen LogP contribution is -2.48. The van der Waals surface area contributed by atoms with Crippen LogP contribution in [0.15, 0.2) is 53.4 Å². The highest BCUT2D eigenvalue weighted by molar-refractivity contribution is 7.89. The van der Waals surface area contributed by atoms with E-state index >= 15 is 0 Å². The van der Waals surface area contributed by atoms with Crippen LogP contribution in [0.5, 0.6) is 0 Å². The number of piperazine rings is 1. The van der Waals surface area contributed by atoms with Crippen LogP contribution in [0.25, 0.3) is 10.9 Å². The third kappa shape index (κ3) is 5.64. The maximum absolute atomic E-state index is 13.0. The molecule has 0 bridgehead atoms. The monoisotopic (exact) mass is 483 g/mol. The first-order valence-corrected chi connectivity index (χ1v) is 13.0. The Labute approximate surface area is 201 Å². The number of rotatable bonds is 9. The fourth-order valence-electron chi connectivity index (χ4n) is 4.11. The number of hydrogen-bond donors (Lipinski definition) is 2. The van der Waals surface area contributed by atoms with Gasteiger partial charge in [-0.05, 0) is 51.3 Å². The van der Waals surface area contributed by atoms with Gasteiger partial charge in [0.2, 0.25) is 10.0 Å². The van der Waals surface area contributed by atoms with Gasteiger partial charge in [-0.15, -0.1) is 0 Å². The number of nitrogens with one attached hydrogen (secondary N) is 1. The maximum atomic E-state index is 13.0. The van der Waals surface area contributed by atoms with Gasteiger partial charge in [-0.2, -0.15) is 4.31 Å². The molecule has 0 amide bonds. The Morgan fingerprint density at radius 3 is 2.44 bits per heavy atom. The van der Waals surface area contributed by atoms with Crippen molar-refractivity contribution in [3.63, 3.8) is 0 Å². The number of anilines is 2. The van der Waals surface area contributed by atoms with Gasteiger partial charge in [-0.3, -0.25) is 4.90 Å². The van der Waals surface area contributed by atoms with E-state index in [0.717, 1.165) is 42.1 Å². The summed E-state index contributed by atoms with van der Waals surface area (Å²) >= 11 is 0. The second-order valence-electron chi connectivity index (χ2n) is 8.81. The summed E-state index contributed by atoms with van der Waals surface area (Å²) in [6.45, 7) is 4.42. The smallest absolute Gasteiger partial charge is 0.245 e. The van der Waals surface area contributed by atoms with Crippen molar-refractivity contribution in [2.24, 2.45) is 0 Å². The third-order valence-corrected chi connectivity index (χ3v) is 7.93. The van der Waals surface area contributed by atoms with Crippen molar-refractivity contribution in [1.29, 1.82) is 0 Å². The second-order valence-corrected chi connectivity index (χ2v) is 10.7. The maximum Gasteiger partial charge on any atom is 0.245 e. The quantitative estimate of drug-likeness (QED) is 0.352. The van der Waals surface area contributed by atoms with Crippen molar-refractivity contribution >= 4 is 32.4 Å². The zero-order chi connectivity index (χ0) is 24.1. The molecular weight excluding hydrogens is 450 g/mol. The van der Waals surface area contributed by atoms with Gasteiger partial charge in [0.15, 0.2) is 0 Å². The van der Waals surface area contributed by atoms with E-state index in [-0.39, 0.29) is 10.6 Å². The highest BCUT2D eigenvalue weighted by Gasteiger charge is 2.30. The SMILES string of the molecule is CN(C)CCCNc1nc(CN2CCN(S(=O)(=O)c3ccccc3N)CC2)nc2ccccc12. The first kappa shape index (κ1) is 24.3. The fraction of sp³-hybridized carbons (Fsp3) is 0.417. The zero-order valence-corrected chi connectivity index (χ0v) is 20.6. The predicted molar refractivity (Wildman–Crippen MR) is 136 cm³/mol. The molecule has 1 fully saturated rings. The normalized spacial score (nSPS) is 15.7. The Balaban J connectivity index is 1.43. The first-order chi connectivity index (χ1) is 16.3. The molecule has 0 unspecified atom stereocenters. The van der Waals surface area contributed by atoms with E-state index in [0.29, 0.717) is 32.7 Å². The summed E-state index contributed by atoms with van der Waals surface area (Å²) in [4.78, 5) is 14.1. The van der Waals surface area contributed by atoms with Gasteiger partial charge in [0.05, 0.1) is 17.7 Å². The second kappa shape index (κ2) is 10.6. The highest BCUT2D eigenvalue weighted by atomic mass is 32.2. The number of aromatic nitrogens is 2. The van der Waals surface area contributed by atoms with Crippen molar-refractivity contribution in [3.8, 4) is 0 Å². The van der Waals surface area contributed by atoms with Crippen molar-refractivity contribution in [2.45, 2.75) is 17.9 Å². The van der Waals surface area contributed by atoms with Crippen LogP contribution in [0.2, 0.25) is 0 Å². The van der Waals surface area contributed by atoms with Gasteiger partial charge in [0.1, 0.15) is 16.5 Å². The molecule has 4 rings (SSSR count). The number of hydrogen-bond acceptors (Lipinski definition) is 8. The van der Waals surface area contributed by atoms with Crippen LogP contribution >= 0.6 is 0 Å². The molecule has 2 heterocycles. The minimum absolute atomic E-state index is 0.172. The number of benzene rings is 2. The average molecular weight is 484 g/mol. The number of nitrogens with zero attached hydrogens (tertiary/aromatic N) is 5. The Morgan fingerprint density at radius 2 is 1.71 bits per heavy atom. The molecule has 1 aliphatic rings. The molecule has 2 aromatic carbocycles. The molecule has 182 valence electrons. The molecule has 34 heavy (non-hydrogen) atoms. The van der Waals surface area contributed by atoms with Crippen molar-refractivity contribution in [1.82, 2.24) is 24.1 Å². The number of nitrogens with two attached hydrogens (primary N) is 1. The molecule has 3 N–H and O–H groups in total. The number of sulfonamides is 1. The van der Waals surface area contributed by atoms with E-state index in [1.54, 1.807) is 24.3 Å². The summed E-state index contributed by atoms with van der Waals surface area (Å²) in [7, 11) is 0.528. The summed E-state index contributed by atoms with van der Waals surface area (Å²) in [6, 6.07) is 14.6. The molecule has 1 aromatic heterocycles. The Kier molecular flexibility index (Phi) is 7.62. The molecule has 10 heteroatoms. The molecule has 3 aromatic rings. The van der Waals surface area contributed by atoms with Gasteiger partial charge in [-0.25, -0.2) is 18.4 Å².